The molecule has 0 aliphatic carbocycles. The highest BCUT2D eigenvalue weighted by Gasteiger charge is 2.38. The standard InChI is InChI=1S/C7H10O4/c1-4-3-5(6(8)10-2)7(9)11-4/h4-5H,3H2,1-2H3. The van der Waals surface area contributed by atoms with E-state index in [1.54, 1.807) is 6.92 Å². The van der Waals surface area contributed by atoms with E-state index in [0.717, 1.165) is 0 Å². The van der Waals surface area contributed by atoms with Crippen LogP contribution in [0, 0.1) is 5.92 Å². The van der Waals surface area contributed by atoms with Gasteiger partial charge in [0.15, 0.2) is 5.92 Å². The van der Waals surface area contributed by atoms with Crippen LogP contribution in [-0.4, -0.2) is 25.2 Å². The zero-order valence-electron chi connectivity index (χ0n) is 6.49. The highest BCUT2D eigenvalue weighted by atomic mass is 16.6. The molecule has 0 saturated carbocycles. The van der Waals surface area contributed by atoms with Crippen LogP contribution in [0.15, 0.2) is 0 Å². The molecule has 11 heavy (non-hydrogen) atoms. The number of cyclic esters (lactones) is 1. The van der Waals surface area contributed by atoms with Gasteiger partial charge in [-0.15, -0.1) is 0 Å². The summed E-state index contributed by atoms with van der Waals surface area (Å²) >= 11 is 0. The molecular formula is C7H10O4. The number of rotatable bonds is 1. The first-order valence-electron chi connectivity index (χ1n) is 3.43. The lowest BCUT2D eigenvalue weighted by Crippen LogP contribution is -2.20. The van der Waals surface area contributed by atoms with Crippen molar-refractivity contribution in [3.05, 3.63) is 0 Å². The number of carbonyl (C=O) groups excluding carboxylic acids is 2. The third kappa shape index (κ3) is 1.50. The normalized spacial score (nSPS) is 29.8. The number of esters is 2. The number of carbonyl (C=O) groups is 2. The molecule has 0 spiro atoms. The maximum atomic E-state index is 10.9. The Morgan fingerprint density at radius 2 is 2.36 bits per heavy atom. The topological polar surface area (TPSA) is 52.6 Å². The Balaban J connectivity index is 2.60. The second-order valence-electron chi connectivity index (χ2n) is 2.56. The number of methoxy groups -OCH3 is 1. The van der Waals surface area contributed by atoms with Crippen molar-refractivity contribution in [1.82, 2.24) is 0 Å². The Labute approximate surface area is 64.5 Å². The van der Waals surface area contributed by atoms with Gasteiger partial charge in [0.05, 0.1) is 7.11 Å². The minimum absolute atomic E-state index is 0.161. The molecule has 0 aromatic rings. The summed E-state index contributed by atoms with van der Waals surface area (Å²) in [6.45, 7) is 1.75. The van der Waals surface area contributed by atoms with Crippen LogP contribution in [-0.2, 0) is 19.1 Å². The maximum absolute atomic E-state index is 10.9. The number of hydrogen-bond donors (Lipinski definition) is 0. The van der Waals surface area contributed by atoms with Gasteiger partial charge in [-0.3, -0.25) is 9.59 Å². The molecule has 2 atom stereocenters. The van der Waals surface area contributed by atoms with E-state index < -0.39 is 17.9 Å². The molecule has 0 bridgehead atoms. The van der Waals surface area contributed by atoms with Crippen molar-refractivity contribution in [3.8, 4) is 0 Å². The Bertz CT molecular complexity index is 179. The Kier molecular flexibility index (Phi) is 2.12. The molecular weight excluding hydrogens is 148 g/mol. The minimum atomic E-state index is -0.699. The summed E-state index contributed by atoms with van der Waals surface area (Å²) in [6.07, 6.45) is 0.275. The first-order valence-corrected chi connectivity index (χ1v) is 3.43. The molecule has 1 fully saturated rings. The van der Waals surface area contributed by atoms with Crippen LogP contribution < -0.4 is 0 Å². The molecule has 1 rings (SSSR count). The lowest BCUT2D eigenvalue weighted by Gasteiger charge is -2.00. The van der Waals surface area contributed by atoms with Gasteiger partial charge in [0.25, 0.3) is 0 Å². The SMILES string of the molecule is COC(=O)C1CC(C)OC1=O. The van der Waals surface area contributed by atoms with E-state index in [4.69, 9.17) is 4.74 Å². The van der Waals surface area contributed by atoms with Crippen LogP contribution in [0.5, 0.6) is 0 Å². The van der Waals surface area contributed by atoms with Crippen LogP contribution in [0.2, 0.25) is 0 Å². The average molecular weight is 158 g/mol. The van der Waals surface area contributed by atoms with E-state index in [0.29, 0.717) is 6.42 Å². The van der Waals surface area contributed by atoms with Crippen molar-refractivity contribution in [2.24, 2.45) is 5.92 Å². The summed E-state index contributed by atoms with van der Waals surface area (Å²) in [5.41, 5.74) is 0. The van der Waals surface area contributed by atoms with E-state index in [2.05, 4.69) is 4.74 Å². The van der Waals surface area contributed by atoms with E-state index in [1.807, 2.05) is 0 Å². The zero-order chi connectivity index (χ0) is 8.43. The largest absolute Gasteiger partial charge is 0.468 e. The fourth-order valence-electron chi connectivity index (χ4n) is 1.09. The lowest BCUT2D eigenvalue weighted by molar-refractivity contribution is -0.154. The van der Waals surface area contributed by atoms with E-state index >= 15 is 0 Å². The van der Waals surface area contributed by atoms with Crippen molar-refractivity contribution in [3.63, 3.8) is 0 Å². The number of ether oxygens (including phenoxy) is 2. The summed E-state index contributed by atoms with van der Waals surface area (Å²) in [5, 5.41) is 0. The minimum Gasteiger partial charge on any atom is -0.468 e. The van der Waals surface area contributed by atoms with E-state index in [1.165, 1.54) is 7.11 Å². The van der Waals surface area contributed by atoms with Crippen molar-refractivity contribution >= 4 is 11.9 Å². The quantitative estimate of drug-likeness (QED) is 0.401. The fraction of sp³-hybridized carbons (Fsp3) is 0.714. The molecule has 0 amide bonds. The molecule has 1 heterocycles. The Morgan fingerprint density at radius 1 is 1.73 bits per heavy atom. The first-order chi connectivity index (χ1) is 5.15. The van der Waals surface area contributed by atoms with Crippen molar-refractivity contribution in [1.29, 1.82) is 0 Å². The van der Waals surface area contributed by atoms with Gasteiger partial charge in [-0.2, -0.15) is 0 Å². The predicted octanol–water partition coefficient (Wildman–Crippen LogP) is 0.111. The van der Waals surface area contributed by atoms with Crippen LogP contribution >= 0.6 is 0 Å². The summed E-state index contributed by atoms with van der Waals surface area (Å²) in [7, 11) is 1.26. The van der Waals surface area contributed by atoms with Gasteiger partial charge in [-0.05, 0) is 6.92 Å². The van der Waals surface area contributed by atoms with Crippen LogP contribution in [0.3, 0.4) is 0 Å². The molecule has 0 radical (unpaired) electrons. The summed E-state index contributed by atoms with van der Waals surface area (Å²) in [5.74, 6) is -1.67. The highest BCUT2D eigenvalue weighted by Crippen LogP contribution is 2.21. The summed E-state index contributed by atoms with van der Waals surface area (Å²) in [6, 6.07) is 0. The molecule has 2 unspecified atom stereocenters. The van der Waals surface area contributed by atoms with Gasteiger partial charge in [0.1, 0.15) is 6.10 Å². The smallest absolute Gasteiger partial charge is 0.320 e. The maximum Gasteiger partial charge on any atom is 0.320 e. The van der Waals surface area contributed by atoms with E-state index in [-0.39, 0.29) is 6.10 Å². The Hall–Kier alpha value is -1.06. The zero-order valence-corrected chi connectivity index (χ0v) is 6.49. The monoisotopic (exact) mass is 158 g/mol. The fourth-order valence-corrected chi connectivity index (χ4v) is 1.09. The van der Waals surface area contributed by atoms with Gasteiger partial charge in [0.2, 0.25) is 0 Å². The van der Waals surface area contributed by atoms with Gasteiger partial charge in [-0.25, -0.2) is 0 Å². The Morgan fingerprint density at radius 3 is 2.73 bits per heavy atom. The molecule has 1 aliphatic rings. The molecule has 0 aromatic heterocycles. The molecule has 0 aromatic carbocycles. The third-order valence-electron chi connectivity index (χ3n) is 1.66. The predicted molar refractivity (Wildman–Crippen MR) is 35.7 cm³/mol. The van der Waals surface area contributed by atoms with Crippen LogP contribution in [0.25, 0.3) is 0 Å². The van der Waals surface area contributed by atoms with Crippen molar-refractivity contribution in [2.75, 3.05) is 7.11 Å². The molecule has 62 valence electrons. The molecule has 1 aliphatic heterocycles. The van der Waals surface area contributed by atoms with Crippen LogP contribution in [0.1, 0.15) is 13.3 Å². The van der Waals surface area contributed by atoms with Gasteiger partial charge in [-0.1, -0.05) is 0 Å². The summed E-state index contributed by atoms with van der Waals surface area (Å²) < 4.78 is 9.17. The second kappa shape index (κ2) is 2.90. The molecule has 0 N–H and O–H groups in total. The number of hydrogen-bond acceptors (Lipinski definition) is 4. The van der Waals surface area contributed by atoms with E-state index in [9.17, 15) is 9.59 Å². The molecule has 4 heteroatoms. The van der Waals surface area contributed by atoms with Crippen molar-refractivity contribution < 1.29 is 19.1 Å². The second-order valence-corrected chi connectivity index (χ2v) is 2.56. The third-order valence-corrected chi connectivity index (χ3v) is 1.66. The van der Waals surface area contributed by atoms with Crippen molar-refractivity contribution in [2.45, 2.75) is 19.4 Å². The average Bonchev–Trinajstić information content (AvgIpc) is 2.28. The van der Waals surface area contributed by atoms with Crippen LogP contribution in [0.4, 0.5) is 0 Å². The first kappa shape index (κ1) is 8.04. The van der Waals surface area contributed by atoms with Gasteiger partial charge < -0.3 is 9.47 Å². The summed E-state index contributed by atoms with van der Waals surface area (Å²) in [4.78, 5) is 21.7. The van der Waals surface area contributed by atoms with Gasteiger partial charge in [0, 0.05) is 6.42 Å². The lowest BCUT2D eigenvalue weighted by atomic mass is 10.1. The van der Waals surface area contributed by atoms with Gasteiger partial charge >= 0.3 is 11.9 Å². The highest BCUT2D eigenvalue weighted by molar-refractivity contribution is 5.96. The molecule has 1 saturated heterocycles. The molecule has 4 nitrogen and oxygen atoms in total.